The van der Waals surface area contributed by atoms with Gasteiger partial charge < -0.3 is 9.64 Å². The molecule has 0 atom stereocenters. The van der Waals surface area contributed by atoms with Crippen LogP contribution in [0.3, 0.4) is 0 Å². The predicted octanol–water partition coefficient (Wildman–Crippen LogP) is 3.76. The van der Waals surface area contributed by atoms with Crippen LogP contribution in [0, 0.1) is 0 Å². The molecular formula is C18H19NO2. The lowest BCUT2D eigenvalue weighted by atomic mass is 10.2. The van der Waals surface area contributed by atoms with Crippen LogP contribution >= 0.6 is 0 Å². The molecule has 0 bridgehead atoms. The van der Waals surface area contributed by atoms with E-state index in [1.807, 2.05) is 67.6 Å². The molecule has 2 rings (SSSR count). The quantitative estimate of drug-likeness (QED) is 0.781. The number of rotatable bonds is 5. The fraction of sp³-hybridized carbons (Fsp3) is 0.167. The first-order valence-corrected chi connectivity index (χ1v) is 6.93. The van der Waals surface area contributed by atoms with Crippen LogP contribution in [0.15, 0.2) is 60.7 Å². The van der Waals surface area contributed by atoms with E-state index in [9.17, 15) is 4.79 Å². The van der Waals surface area contributed by atoms with Gasteiger partial charge in [0.1, 0.15) is 5.75 Å². The summed E-state index contributed by atoms with van der Waals surface area (Å²) in [5.41, 5.74) is 1.87. The average molecular weight is 281 g/mol. The molecule has 21 heavy (non-hydrogen) atoms. The van der Waals surface area contributed by atoms with Gasteiger partial charge in [-0.25, -0.2) is 0 Å². The second-order valence-corrected chi connectivity index (χ2v) is 4.52. The van der Waals surface area contributed by atoms with Gasteiger partial charge in [-0.05, 0) is 42.8 Å². The van der Waals surface area contributed by atoms with Gasteiger partial charge in [0.15, 0.2) is 0 Å². The Bertz CT molecular complexity index is 603. The molecule has 0 aliphatic rings. The maximum atomic E-state index is 12.3. The number of nitrogens with zero attached hydrogens (tertiary/aromatic N) is 1. The summed E-state index contributed by atoms with van der Waals surface area (Å²) in [6.07, 6.45) is 3.41. The fourth-order valence-corrected chi connectivity index (χ4v) is 2.05. The highest BCUT2D eigenvalue weighted by Crippen LogP contribution is 2.15. The summed E-state index contributed by atoms with van der Waals surface area (Å²) in [4.78, 5) is 14.0. The molecule has 0 unspecified atom stereocenters. The van der Waals surface area contributed by atoms with Gasteiger partial charge in [0.05, 0.1) is 7.11 Å². The molecule has 0 aliphatic heterocycles. The molecule has 0 aliphatic carbocycles. The summed E-state index contributed by atoms with van der Waals surface area (Å²) in [6.45, 7) is 2.60. The zero-order valence-corrected chi connectivity index (χ0v) is 12.3. The highest BCUT2D eigenvalue weighted by Gasteiger charge is 2.09. The van der Waals surface area contributed by atoms with Crippen molar-refractivity contribution < 1.29 is 9.53 Å². The topological polar surface area (TPSA) is 29.5 Å². The second kappa shape index (κ2) is 7.29. The van der Waals surface area contributed by atoms with E-state index >= 15 is 0 Å². The standard InChI is InChI=1S/C18H19NO2/c1-3-19(16-7-5-4-6-8-16)18(20)14-11-15-9-12-17(21-2)13-10-15/h4-14H,3H2,1-2H3. The van der Waals surface area contributed by atoms with Crippen LogP contribution in [-0.4, -0.2) is 19.6 Å². The van der Waals surface area contributed by atoms with Crippen LogP contribution in [0.2, 0.25) is 0 Å². The first kappa shape index (κ1) is 14.9. The lowest BCUT2D eigenvalue weighted by Gasteiger charge is -2.19. The number of ether oxygens (including phenoxy) is 1. The van der Waals surface area contributed by atoms with Crippen molar-refractivity contribution in [3.05, 3.63) is 66.2 Å². The summed E-state index contributed by atoms with van der Waals surface area (Å²) < 4.78 is 5.11. The van der Waals surface area contributed by atoms with Crippen LogP contribution in [-0.2, 0) is 4.79 Å². The van der Waals surface area contributed by atoms with Gasteiger partial charge in [0, 0.05) is 18.3 Å². The van der Waals surface area contributed by atoms with Crippen molar-refractivity contribution in [2.75, 3.05) is 18.6 Å². The van der Waals surface area contributed by atoms with Gasteiger partial charge in [-0.1, -0.05) is 30.3 Å². The molecule has 0 N–H and O–H groups in total. The van der Waals surface area contributed by atoms with Crippen molar-refractivity contribution >= 4 is 17.7 Å². The van der Waals surface area contributed by atoms with Crippen LogP contribution in [0.4, 0.5) is 5.69 Å². The normalized spacial score (nSPS) is 10.6. The molecule has 3 heteroatoms. The Morgan fingerprint density at radius 1 is 1.10 bits per heavy atom. The molecule has 0 aromatic heterocycles. The number of amides is 1. The number of likely N-dealkylation sites (N-methyl/N-ethyl adjacent to an activating group) is 1. The van der Waals surface area contributed by atoms with Crippen molar-refractivity contribution in [1.82, 2.24) is 0 Å². The van der Waals surface area contributed by atoms with Crippen LogP contribution in [0.5, 0.6) is 5.75 Å². The van der Waals surface area contributed by atoms with Gasteiger partial charge in [-0.15, -0.1) is 0 Å². The molecule has 1 amide bonds. The maximum absolute atomic E-state index is 12.3. The Hall–Kier alpha value is -2.55. The zero-order valence-electron chi connectivity index (χ0n) is 12.3. The number of methoxy groups -OCH3 is 1. The van der Waals surface area contributed by atoms with Gasteiger partial charge in [-0.3, -0.25) is 4.79 Å². The minimum absolute atomic E-state index is 0.0282. The monoisotopic (exact) mass is 281 g/mol. The highest BCUT2D eigenvalue weighted by atomic mass is 16.5. The van der Waals surface area contributed by atoms with E-state index < -0.39 is 0 Å². The van der Waals surface area contributed by atoms with Crippen LogP contribution < -0.4 is 9.64 Å². The number of hydrogen-bond acceptors (Lipinski definition) is 2. The minimum Gasteiger partial charge on any atom is -0.497 e. The van der Waals surface area contributed by atoms with Crippen molar-refractivity contribution in [1.29, 1.82) is 0 Å². The van der Waals surface area contributed by atoms with Crippen LogP contribution in [0.25, 0.3) is 6.08 Å². The molecular weight excluding hydrogens is 262 g/mol. The van der Waals surface area contributed by atoms with Crippen molar-refractivity contribution in [3.63, 3.8) is 0 Å². The van der Waals surface area contributed by atoms with Gasteiger partial charge in [0.25, 0.3) is 5.91 Å². The number of anilines is 1. The van der Waals surface area contributed by atoms with E-state index in [0.717, 1.165) is 17.0 Å². The van der Waals surface area contributed by atoms with E-state index in [4.69, 9.17) is 4.74 Å². The van der Waals surface area contributed by atoms with Gasteiger partial charge in [-0.2, -0.15) is 0 Å². The van der Waals surface area contributed by atoms with E-state index in [1.165, 1.54) is 0 Å². The molecule has 0 radical (unpaired) electrons. The molecule has 0 saturated carbocycles. The summed E-state index contributed by atoms with van der Waals surface area (Å²) in [6, 6.07) is 17.2. The molecule has 108 valence electrons. The predicted molar refractivity (Wildman–Crippen MR) is 86.5 cm³/mol. The van der Waals surface area contributed by atoms with E-state index in [2.05, 4.69) is 0 Å². The number of para-hydroxylation sites is 1. The van der Waals surface area contributed by atoms with E-state index in [1.54, 1.807) is 18.1 Å². The largest absolute Gasteiger partial charge is 0.497 e. The SMILES string of the molecule is CCN(C(=O)C=Cc1ccc(OC)cc1)c1ccccc1. The van der Waals surface area contributed by atoms with Gasteiger partial charge >= 0.3 is 0 Å². The number of carbonyl (C=O) groups excluding carboxylic acids is 1. The summed E-state index contributed by atoms with van der Waals surface area (Å²) in [5.74, 6) is 0.775. The average Bonchev–Trinajstić information content (AvgIpc) is 2.55. The van der Waals surface area contributed by atoms with Crippen molar-refractivity contribution in [2.45, 2.75) is 6.92 Å². The Labute approximate surface area is 125 Å². The molecule has 0 heterocycles. The lowest BCUT2D eigenvalue weighted by molar-refractivity contribution is -0.114. The smallest absolute Gasteiger partial charge is 0.250 e. The fourth-order valence-electron chi connectivity index (χ4n) is 2.05. The third kappa shape index (κ3) is 3.96. The Balaban J connectivity index is 2.09. The Kier molecular flexibility index (Phi) is 5.16. The lowest BCUT2D eigenvalue weighted by Crippen LogP contribution is -2.28. The van der Waals surface area contributed by atoms with Crippen LogP contribution in [0.1, 0.15) is 12.5 Å². The Morgan fingerprint density at radius 2 is 1.76 bits per heavy atom. The number of benzene rings is 2. The third-order valence-electron chi connectivity index (χ3n) is 3.18. The molecule has 2 aromatic rings. The second-order valence-electron chi connectivity index (χ2n) is 4.52. The molecule has 3 nitrogen and oxygen atoms in total. The van der Waals surface area contributed by atoms with Gasteiger partial charge in [0.2, 0.25) is 0 Å². The minimum atomic E-state index is -0.0282. The van der Waals surface area contributed by atoms with E-state index in [0.29, 0.717) is 6.54 Å². The maximum Gasteiger partial charge on any atom is 0.250 e. The highest BCUT2D eigenvalue weighted by molar-refractivity contribution is 6.03. The van der Waals surface area contributed by atoms with E-state index in [-0.39, 0.29) is 5.91 Å². The van der Waals surface area contributed by atoms with Crippen molar-refractivity contribution in [2.24, 2.45) is 0 Å². The molecule has 0 spiro atoms. The Morgan fingerprint density at radius 3 is 2.33 bits per heavy atom. The summed E-state index contributed by atoms with van der Waals surface area (Å²) in [5, 5.41) is 0. The molecule has 0 saturated heterocycles. The third-order valence-corrected chi connectivity index (χ3v) is 3.18. The number of carbonyl (C=O) groups is 1. The summed E-state index contributed by atoms with van der Waals surface area (Å²) in [7, 11) is 1.63. The molecule has 2 aromatic carbocycles. The molecule has 0 fully saturated rings. The number of hydrogen-bond donors (Lipinski definition) is 0. The summed E-state index contributed by atoms with van der Waals surface area (Å²) >= 11 is 0. The first-order chi connectivity index (χ1) is 10.2. The first-order valence-electron chi connectivity index (χ1n) is 6.93. The van der Waals surface area contributed by atoms with Crippen molar-refractivity contribution in [3.8, 4) is 5.75 Å². The zero-order chi connectivity index (χ0) is 15.1.